The van der Waals surface area contributed by atoms with Crippen molar-refractivity contribution in [2.75, 3.05) is 0 Å². The zero-order valence-corrected chi connectivity index (χ0v) is 14.1. The fraction of sp³-hybridized carbons (Fsp3) is 0.217. The van der Waals surface area contributed by atoms with Crippen molar-refractivity contribution in [3.8, 4) is 0 Å². The molecule has 1 N–H and O–H groups in total. The number of aliphatic hydroxyl groups is 1. The Morgan fingerprint density at radius 3 is 1.83 bits per heavy atom. The van der Waals surface area contributed by atoms with Crippen LogP contribution in [0.4, 0.5) is 0 Å². The van der Waals surface area contributed by atoms with Crippen LogP contribution in [0.3, 0.4) is 0 Å². The van der Waals surface area contributed by atoms with Gasteiger partial charge in [-0.1, -0.05) is 91.0 Å². The van der Waals surface area contributed by atoms with Crippen molar-refractivity contribution < 1.29 is 5.11 Å². The van der Waals surface area contributed by atoms with Crippen LogP contribution in [0.5, 0.6) is 0 Å². The van der Waals surface area contributed by atoms with Gasteiger partial charge in [0.2, 0.25) is 0 Å². The molecule has 0 aliphatic rings. The van der Waals surface area contributed by atoms with E-state index < -0.39 is 5.60 Å². The molecule has 0 fully saturated rings. The lowest BCUT2D eigenvalue weighted by Crippen LogP contribution is -2.25. The Hall–Kier alpha value is -2.38. The van der Waals surface area contributed by atoms with Gasteiger partial charge in [0, 0.05) is 0 Å². The van der Waals surface area contributed by atoms with Gasteiger partial charge in [-0.2, -0.15) is 0 Å². The summed E-state index contributed by atoms with van der Waals surface area (Å²) in [5.74, 6) is 0.267. The third kappa shape index (κ3) is 4.12. The number of benzene rings is 3. The van der Waals surface area contributed by atoms with Crippen molar-refractivity contribution in [1.29, 1.82) is 0 Å². The van der Waals surface area contributed by atoms with Crippen LogP contribution in [0.2, 0.25) is 0 Å². The number of hydrogen-bond acceptors (Lipinski definition) is 1. The van der Waals surface area contributed by atoms with Crippen LogP contribution in [0, 0.1) is 0 Å². The molecule has 2 atom stereocenters. The second kappa shape index (κ2) is 7.46. The minimum absolute atomic E-state index is 0.267. The zero-order valence-electron chi connectivity index (χ0n) is 14.1. The van der Waals surface area contributed by atoms with Crippen LogP contribution in [0.15, 0.2) is 91.0 Å². The second-order valence-corrected chi connectivity index (χ2v) is 6.64. The Labute approximate surface area is 144 Å². The molecule has 24 heavy (non-hydrogen) atoms. The van der Waals surface area contributed by atoms with Crippen molar-refractivity contribution in [3.63, 3.8) is 0 Å². The van der Waals surface area contributed by atoms with Crippen LogP contribution in [0.25, 0.3) is 0 Å². The lowest BCUT2D eigenvalue weighted by molar-refractivity contribution is 0.0398. The Morgan fingerprint density at radius 2 is 1.25 bits per heavy atom. The molecule has 0 radical (unpaired) electrons. The van der Waals surface area contributed by atoms with Gasteiger partial charge in [0.15, 0.2) is 0 Å². The van der Waals surface area contributed by atoms with E-state index in [0.29, 0.717) is 6.42 Å². The molecule has 1 heteroatoms. The highest BCUT2D eigenvalue weighted by Crippen LogP contribution is 2.35. The molecule has 0 aliphatic heterocycles. The minimum atomic E-state index is -0.851. The van der Waals surface area contributed by atoms with Crippen molar-refractivity contribution in [2.45, 2.75) is 31.3 Å². The third-order valence-electron chi connectivity index (χ3n) is 4.64. The highest BCUT2D eigenvalue weighted by atomic mass is 16.3. The largest absolute Gasteiger partial charge is 0.385 e. The predicted octanol–water partition coefficient (Wildman–Crippen LogP) is 5.31. The molecule has 3 aromatic carbocycles. The van der Waals surface area contributed by atoms with Gasteiger partial charge in [0.05, 0.1) is 5.60 Å². The van der Waals surface area contributed by atoms with Crippen molar-refractivity contribution >= 4 is 0 Å². The summed E-state index contributed by atoms with van der Waals surface area (Å²) in [6, 6.07) is 31.0. The molecular weight excluding hydrogens is 292 g/mol. The highest BCUT2D eigenvalue weighted by molar-refractivity contribution is 5.27. The lowest BCUT2D eigenvalue weighted by atomic mass is 9.80. The summed E-state index contributed by atoms with van der Waals surface area (Å²) in [4.78, 5) is 0. The van der Waals surface area contributed by atoms with Gasteiger partial charge in [0.1, 0.15) is 0 Å². The van der Waals surface area contributed by atoms with E-state index in [9.17, 15) is 5.11 Å². The molecule has 0 bridgehead atoms. The number of rotatable bonds is 6. The minimum Gasteiger partial charge on any atom is -0.385 e. The fourth-order valence-corrected chi connectivity index (χ4v) is 3.33. The maximum Gasteiger partial charge on any atom is 0.0874 e. The van der Waals surface area contributed by atoms with Gasteiger partial charge in [-0.15, -0.1) is 0 Å². The zero-order chi connectivity index (χ0) is 16.8. The highest BCUT2D eigenvalue weighted by Gasteiger charge is 2.28. The van der Waals surface area contributed by atoms with Gasteiger partial charge in [0.25, 0.3) is 0 Å². The predicted molar refractivity (Wildman–Crippen MR) is 100.0 cm³/mol. The molecule has 0 amide bonds. The summed E-state index contributed by atoms with van der Waals surface area (Å²) in [6.07, 6.45) is 1.61. The Kier molecular flexibility index (Phi) is 5.12. The van der Waals surface area contributed by atoms with E-state index in [4.69, 9.17) is 0 Å². The normalized spacial score (nSPS) is 14.8. The molecule has 3 rings (SSSR count). The van der Waals surface area contributed by atoms with Gasteiger partial charge >= 0.3 is 0 Å². The van der Waals surface area contributed by atoms with Gasteiger partial charge in [-0.05, 0) is 42.4 Å². The first-order valence-corrected chi connectivity index (χ1v) is 8.52. The first-order chi connectivity index (χ1) is 11.6. The Morgan fingerprint density at radius 1 is 0.750 bits per heavy atom. The van der Waals surface area contributed by atoms with E-state index in [1.54, 1.807) is 0 Å². The topological polar surface area (TPSA) is 20.2 Å². The molecule has 0 aliphatic carbocycles. The monoisotopic (exact) mass is 316 g/mol. The van der Waals surface area contributed by atoms with E-state index >= 15 is 0 Å². The number of hydrogen-bond donors (Lipinski definition) is 1. The first kappa shape index (κ1) is 16.5. The van der Waals surface area contributed by atoms with Crippen molar-refractivity contribution in [2.24, 2.45) is 0 Å². The van der Waals surface area contributed by atoms with E-state index in [1.807, 2.05) is 49.4 Å². The second-order valence-electron chi connectivity index (χ2n) is 6.64. The lowest BCUT2D eigenvalue weighted by Gasteiger charge is -2.29. The van der Waals surface area contributed by atoms with Crippen LogP contribution >= 0.6 is 0 Å². The summed E-state index contributed by atoms with van der Waals surface area (Å²) >= 11 is 0. The maximum atomic E-state index is 11.1. The summed E-state index contributed by atoms with van der Waals surface area (Å²) in [7, 11) is 0. The summed E-state index contributed by atoms with van der Waals surface area (Å²) in [5.41, 5.74) is 2.70. The average molecular weight is 316 g/mol. The van der Waals surface area contributed by atoms with Crippen LogP contribution < -0.4 is 0 Å². The molecule has 0 saturated carbocycles. The Bertz CT molecular complexity index is 733. The van der Waals surface area contributed by atoms with E-state index in [0.717, 1.165) is 12.0 Å². The fourth-order valence-electron chi connectivity index (χ4n) is 3.33. The van der Waals surface area contributed by atoms with Gasteiger partial charge in [-0.3, -0.25) is 0 Å². The SMILES string of the molecule is CC(O)(CC(Cc1ccccc1)c1ccccc1)c1ccccc1. The van der Waals surface area contributed by atoms with Crippen molar-refractivity contribution in [1.82, 2.24) is 0 Å². The van der Waals surface area contributed by atoms with E-state index in [2.05, 4.69) is 48.5 Å². The molecule has 2 unspecified atom stereocenters. The Balaban J connectivity index is 1.87. The smallest absolute Gasteiger partial charge is 0.0874 e. The van der Waals surface area contributed by atoms with E-state index in [1.165, 1.54) is 11.1 Å². The standard InChI is InChI=1S/C23H24O/c1-23(24,22-15-9-4-10-16-22)18-21(20-13-7-3-8-14-20)17-19-11-5-2-6-12-19/h2-16,21,24H,17-18H2,1H3. The molecule has 3 aromatic rings. The van der Waals surface area contributed by atoms with Crippen molar-refractivity contribution in [3.05, 3.63) is 108 Å². The van der Waals surface area contributed by atoms with Gasteiger partial charge < -0.3 is 5.11 Å². The molecule has 0 aromatic heterocycles. The average Bonchev–Trinajstić information content (AvgIpc) is 2.63. The third-order valence-corrected chi connectivity index (χ3v) is 4.64. The first-order valence-electron chi connectivity index (χ1n) is 8.52. The van der Waals surface area contributed by atoms with Crippen LogP contribution in [-0.2, 0) is 12.0 Å². The maximum absolute atomic E-state index is 11.1. The molecule has 0 spiro atoms. The van der Waals surface area contributed by atoms with Gasteiger partial charge in [-0.25, -0.2) is 0 Å². The molecular formula is C23H24O. The summed E-state index contributed by atoms with van der Waals surface area (Å²) < 4.78 is 0. The molecule has 0 heterocycles. The molecule has 1 nitrogen and oxygen atoms in total. The van der Waals surface area contributed by atoms with Crippen LogP contribution in [-0.4, -0.2) is 5.11 Å². The van der Waals surface area contributed by atoms with Crippen LogP contribution in [0.1, 0.15) is 36.0 Å². The quantitative estimate of drug-likeness (QED) is 0.653. The summed E-state index contributed by atoms with van der Waals surface area (Å²) in [5, 5.41) is 11.1. The van der Waals surface area contributed by atoms with E-state index in [-0.39, 0.29) is 5.92 Å². The summed E-state index contributed by atoms with van der Waals surface area (Å²) in [6.45, 7) is 1.92. The molecule has 122 valence electrons. The molecule has 0 saturated heterocycles.